The first kappa shape index (κ1) is 16.9. The minimum atomic E-state index is -3.87. The summed E-state index contributed by atoms with van der Waals surface area (Å²) in [6, 6.07) is 0. The topological polar surface area (TPSA) is 122 Å². The fourth-order valence-electron chi connectivity index (χ4n) is 4.01. The third kappa shape index (κ3) is 2.69. The number of rotatable bonds is 7. The van der Waals surface area contributed by atoms with E-state index in [0.717, 1.165) is 6.08 Å². The smallest absolute Gasteiger partial charge is 0.344 e. The van der Waals surface area contributed by atoms with Crippen LogP contribution in [0, 0.1) is 17.8 Å². The molecule has 2 bridgehead atoms. The lowest BCUT2D eigenvalue weighted by atomic mass is 9.84. The summed E-state index contributed by atoms with van der Waals surface area (Å²) in [7, 11) is -3.87. The zero-order valence-corrected chi connectivity index (χ0v) is 13.3. The molecule has 3 aliphatic rings. The molecule has 24 heavy (non-hydrogen) atoms. The quantitative estimate of drug-likeness (QED) is 0.188. The maximum Gasteiger partial charge on any atom is 0.344 e. The molecular formula is C14H16O9S. The lowest BCUT2D eigenvalue weighted by Gasteiger charge is -2.30. The Hall–Kier alpha value is -1.94. The SMILES string of the molecule is C=CC(=O)OCC(=O)OC1C2CC3C(OS(=O)(=O)C31)C2COC=O. The summed E-state index contributed by atoms with van der Waals surface area (Å²) in [4.78, 5) is 33.2. The van der Waals surface area contributed by atoms with Crippen LogP contribution in [0.5, 0.6) is 0 Å². The Kier molecular flexibility index (Phi) is 4.35. The summed E-state index contributed by atoms with van der Waals surface area (Å²) < 4.78 is 44.1. The second kappa shape index (κ2) is 6.17. The third-order valence-corrected chi connectivity index (χ3v) is 6.58. The summed E-state index contributed by atoms with van der Waals surface area (Å²) in [6.07, 6.45) is -0.0593. The van der Waals surface area contributed by atoms with Crippen molar-refractivity contribution in [2.24, 2.45) is 17.8 Å². The lowest BCUT2D eigenvalue weighted by Crippen LogP contribution is -2.45. The van der Waals surface area contributed by atoms with Crippen LogP contribution in [-0.4, -0.2) is 57.5 Å². The average Bonchev–Trinajstić information content (AvgIpc) is 3.12. The molecule has 6 atom stereocenters. The summed E-state index contributed by atoms with van der Waals surface area (Å²) >= 11 is 0. The molecule has 1 saturated heterocycles. The standard InChI is InChI=1S/C14H16O9S/c1-2-10(16)21-5-11(17)22-13-7-3-8-12(9(7)4-20-6-15)23-24(18,19)14(8)13/h2,6-9,12-14H,1,3-5H2. The number of hydrogen-bond donors (Lipinski definition) is 0. The van der Waals surface area contributed by atoms with Crippen LogP contribution in [0.25, 0.3) is 0 Å². The van der Waals surface area contributed by atoms with Crippen molar-refractivity contribution >= 4 is 28.5 Å². The van der Waals surface area contributed by atoms with E-state index in [4.69, 9.17) is 13.7 Å². The number of carbonyl (C=O) groups excluding carboxylic acids is 3. The van der Waals surface area contributed by atoms with E-state index in [2.05, 4.69) is 11.3 Å². The van der Waals surface area contributed by atoms with E-state index in [-0.39, 0.29) is 30.8 Å². The van der Waals surface area contributed by atoms with E-state index in [1.54, 1.807) is 0 Å². The largest absolute Gasteiger partial charge is 0.467 e. The first-order valence-electron chi connectivity index (χ1n) is 7.35. The van der Waals surface area contributed by atoms with Gasteiger partial charge in [-0.1, -0.05) is 6.58 Å². The normalized spacial score (nSPS) is 37.7. The molecule has 6 unspecified atom stereocenters. The molecule has 0 aromatic rings. The second-order valence-corrected chi connectivity index (χ2v) is 7.66. The van der Waals surface area contributed by atoms with Crippen molar-refractivity contribution in [1.82, 2.24) is 0 Å². The highest BCUT2D eigenvalue weighted by atomic mass is 32.2. The molecule has 132 valence electrons. The summed E-state index contributed by atoms with van der Waals surface area (Å²) in [5, 5.41) is -0.931. The van der Waals surface area contributed by atoms with Gasteiger partial charge in [0.25, 0.3) is 16.6 Å². The van der Waals surface area contributed by atoms with Crippen LogP contribution in [0.3, 0.4) is 0 Å². The zero-order valence-electron chi connectivity index (χ0n) is 12.5. The number of hydrogen-bond acceptors (Lipinski definition) is 9. The molecule has 10 heteroatoms. The van der Waals surface area contributed by atoms with Crippen molar-refractivity contribution < 1.29 is 41.2 Å². The highest BCUT2D eigenvalue weighted by molar-refractivity contribution is 7.87. The van der Waals surface area contributed by atoms with Gasteiger partial charge in [-0.2, -0.15) is 8.42 Å². The summed E-state index contributed by atoms with van der Waals surface area (Å²) in [5.74, 6) is -2.58. The van der Waals surface area contributed by atoms with Gasteiger partial charge in [0, 0.05) is 23.8 Å². The molecule has 3 fully saturated rings. The zero-order chi connectivity index (χ0) is 17.5. The van der Waals surface area contributed by atoms with Gasteiger partial charge in [-0.25, -0.2) is 9.59 Å². The number of ether oxygens (including phenoxy) is 3. The number of carbonyl (C=O) groups is 3. The van der Waals surface area contributed by atoms with Crippen LogP contribution in [0.1, 0.15) is 6.42 Å². The maximum absolute atomic E-state index is 12.2. The highest BCUT2D eigenvalue weighted by Crippen LogP contribution is 2.58. The molecule has 1 aliphatic heterocycles. The van der Waals surface area contributed by atoms with E-state index in [9.17, 15) is 22.8 Å². The van der Waals surface area contributed by atoms with Crippen molar-refractivity contribution in [2.75, 3.05) is 13.2 Å². The summed E-state index contributed by atoms with van der Waals surface area (Å²) in [5.41, 5.74) is 0. The van der Waals surface area contributed by atoms with Gasteiger partial charge < -0.3 is 14.2 Å². The van der Waals surface area contributed by atoms with E-state index in [1.807, 2.05) is 0 Å². The van der Waals surface area contributed by atoms with E-state index in [1.165, 1.54) is 0 Å². The lowest BCUT2D eigenvalue weighted by molar-refractivity contribution is -0.163. The van der Waals surface area contributed by atoms with Crippen molar-refractivity contribution in [3.63, 3.8) is 0 Å². The predicted octanol–water partition coefficient (Wildman–Crippen LogP) is -0.836. The van der Waals surface area contributed by atoms with Crippen LogP contribution < -0.4 is 0 Å². The Morgan fingerprint density at radius 1 is 1.29 bits per heavy atom. The molecule has 0 aromatic heterocycles. The van der Waals surface area contributed by atoms with Gasteiger partial charge in [0.2, 0.25) is 0 Å². The minimum absolute atomic E-state index is 0.00290. The monoisotopic (exact) mass is 360 g/mol. The van der Waals surface area contributed by atoms with Crippen LogP contribution in [0.4, 0.5) is 0 Å². The molecule has 2 aliphatic carbocycles. The van der Waals surface area contributed by atoms with Crippen molar-refractivity contribution in [1.29, 1.82) is 0 Å². The molecule has 0 amide bonds. The average molecular weight is 360 g/mol. The van der Waals surface area contributed by atoms with Gasteiger partial charge in [0.1, 0.15) is 11.4 Å². The van der Waals surface area contributed by atoms with Crippen LogP contribution in [-0.2, 0) is 42.9 Å². The van der Waals surface area contributed by atoms with E-state index < -0.39 is 46.1 Å². The van der Waals surface area contributed by atoms with Gasteiger partial charge in [-0.3, -0.25) is 8.98 Å². The minimum Gasteiger partial charge on any atom is -0.467 e. The van der Waals surface area contributed by atoms with Gasteiger partial charge in [0.15, 0.2) is 6.61 Å². The fourth-order valence-corrected chi connectivity index (χ4v) is 6.01. The highest BCUT2D eigenvalue weighted by Gasteiger charge is 2.70. The third-order valence-electron chi connectivity index (χ3n) is 4.81. The van der Waals surface area contributed by atoms with Crippen LogP contribution >= 0.6 is 0 Å². The molecule has 0 radical (unpaired) electrons. The fraction of sp³-hybridized carbons (Fsp3) is 0.643. The molecule has 2 saturated carbocycles. The maximum atomic E-state index is 12.2. The first-order valence-corrected chi connectivity index (χ1v) is 8.82. The first-order chi connectivity index (χ1) is 11.4. The van der Waals surface area contributed by atoms with Crippen molar-refractivity contribution in [3.05, 3.63) is 12.7 Å². The Labute approximate surface area is 138 Å². The van der Waals surface area contributed by atoms with Gasteiger partial charge in [0.05, 0.1) is 12.7 Å². The van der Waals surface area contributed by atoms with E-state index >= 15 is 0 Å². The Bertz CT molecular complexity index is 670. The predicted molar refractivity (Wildman–Crippen MR) is 75.7 cm³/mol. The van der Waals surface area contributed by atoms with E-state index in [0.29, 0.717) is 6.42 Å². The Morgan fingerprint density at radius 2 is 2.04 bits per heavy atom. The number of fused-ring (bicyclic) bond motifs is 1. The van der Waals surface area contributed by atoms with Crippen molar-refractivity contribution in [2.45, 2.75) is 23.9 Å². The van der Waals surface area contributed by atoms with Gasteiger partial charge in [-0.15, -0.1) is 0 Å². The van der Waals surface area contributed by atoms with Gasteiger partial charge >= 0.3 is 11.9 Å². The molecule has 9 nitrogen and oxygen atoms in total. The van der Waals surface area contributed by atoms with Crippen molar-refractivity contribution in [3.8, 4) is 0 Å². The molecule has 0 spiro atoms. The second-order valence-electron chi connectivity index (χ2n) is 5.94. The van der Waals surface area contributed by atoms with Crippen LogP contribution in [0.2, 0.25) is 0 Å². The van der Waals surface area contributed by atoms with Crippen LogP contribution in [0.15, 0.2) is 12.7 Å². The number of esters is 2. The molecule has 3 rings (SSSR count). The molecule has 0 aromatic carbocycles. The molecular weight excluding hydrogens is 344 g/mol. The molecule has 0 N–H and O–H groups in total. The van der Waals surface area contributed by atoms with Gasteiger partial charge in [-0.05, 0) is 6.42 Å². The Morgan fingerprint density at radius 3 is 2.71 bits per heavy atom. The molecule has 1 heterocycles. The summed E-state index contributed by atoms with van der Waals surface area (Å²) in [6.45, 7) is 2.84. The Balaban J connectivity index is 1.72.